The molecule has 0 aliphatic carbocycles. The molecule has 1 amide bonds. The lowest BCUT2D eigenvalue weighted by Crippen LogP contribution is -2.15. The molecule has 0 unspecified atom stereocenters. The van der Waals surface area contributed by atoms with Crippen molar-refractivity contribution in [3.63, 3.8) is 0 Å². The van der Waals surface area contributed by atoms with Gasteiger partial charge in [-0.05, 0) is 5.41 Å². The van der Waals surface area contributed by atoms with Crippen LogP contribution < -0.4 is 0 Å². The highest BCUT2D eigenvalue weighted by molar-refractivity contribution is 7.83. The van der Waals surface area contributed by atoms with Gasteiger partial charge in [-0.1, -0.05) is 0 Å². The summed E-state index contributed by atoms with van der Waals surface area (Å²) in [6, 6.07) is 0. The van der Waals surface area contributed by atoms with Gasteiger partial charge in [-0.2, -0.15) is 0 Å². The number of hydrogen-bond donors (Lipinski definition) is 1. The predicted octanol–water partition coefficient (Wildman–Crippen LogP) is 0.866. The molecule has 0 saturated carbocycles. The minimum Gasteiger partial charge on any atom is -0.322 e. The van der Waals surface area contributed by atoms with Crippen LogP contribution in [0, 0.1) is 0 Å². The summed E-state index contributed by atoms with van der Waals surface area (Å²) < 4.78 is 0. The fourth-order valence-electron chi connectivity index (χ4n) is 0.205. The molecule has 0 aromatic heterocycles. The van der Waals surface area contributed by atoms with Crippen LogP contribution in [0.2, 0.25) is 0 Å². The van der Waals surface area contributed by atoms with E-state index in [1.807, 2.05) is 0 Å². The van der Waals surface area contributed by atoms with Crippen LogP contribution in [0.5, 0.6) is 0 Å². The van der Waals surface area contributed by atoms with Gasteiger partial charge in [-0.25, -0.2) is 0 Å². The van der Waals surface area contributed by atoms with Crippen molar-refractivity contribution in [3.8, 4) is 0 Å². The summed E-state index contributed by atoms with van der Waals surface area (Å²) in [5, 5.41) is 1.52. The first-order chi connectivity index (χ1) is 3.68. The van der Waals surface area contributed by atoms with E-state index in [1.165, 1.54) is 17.2 Å². The van der Waals surface area contributed by atoms with Gasteiger partial charge in [0.15, 0.2) is 0 Å². The highest BCUT2D eigenvalue weighted by Crippen LogP contribution is 1.85. The minimum atomic E-state index is 0.00954. The average Bonchev–Trinajstić information content (AvgIpc) is 1.67. The number of rotatable bonds is 1. The molecule has 3 heteroatoms. The van der Waals surface area contributed by atoms with E-state index in [-0.39, 0.29) is 5.91 Å². The van der Waals surface area contributed by atoms with Gasteiger partial charge in [0.1, 0.15) is 0 Å². The van der Waals surface area contributed by atoms with Crippen molar-refractivity contribution in [3.05, 3.63) is 11.6 Å². The van der Waals surface area contributed by atoms with Crippen LogP contribution in [0.15, 0.2) is 11.6 Å². The second-order valence-electron chi connectivity index (χ2n) is 1.43. The van der Waals surface area contributed by atoms with Crippen LogP contribution in [0.3, 0.4) is 0 Å². The summed E-state index contributed by atoms with van der Waals surface area (Å²) in [4.78, 5) is 11.8. The summed E-state index contributed by atoms with van der Waals surface area (Å²) in [7, 11) is 1.68. The van der Waals surface area contributed by atoms with Gasteiger partial charge >= 0.3 is 0 Å². The Kier molecular flexibility index (Phi) is 3.35. The van der Waals surface area contributed by atoms with Crippen LogP contribution >= 0.6 is 12.6 Å². The molecule has 0 fully saturated rings. The molecule has 0 rings (SSSR count). The van der Waals surface area contributed by atoms with Crippen LogP contribution in [0.1, 0.15) is 6.92 Å². The SMILES string of the molecule is CC(=O)N(C)/C=C\S. The number of amides is 1. The van der Waals surface area contributed by atoms with Crippen molar-refractivity contribution in [2.75, 3.05) is 7.05 Å². The average molecular weight is 131 g/mol. The van der Waals surface area contributed by atoms with Crippen LogP contribution in [0.25, 0.3) is 0 Å². The number of carbonyl (C=O) groups excluding carboxylic acids is 1. The van der Waals surface area contributed by atoms with E-state index < -0.39 is 0 Å². The Morgan fingerprint density at radius 2 is 2.25 bits per heavy atom. The second-order valence-corrected chi connectivity index (χ2v) is 1.73. The molecule has 0 radical (unpaired) electrons. The lowest BCUT2D eigenvalue weighted by Gasteiger charge is -2.05. The molecule has 0 aliphatic heterocycles. The van der Waals surface area contributed by atoms with E-state index in [0.29, 0.717) is 0 Å². The molecule has 0 atom stereocenters. The molecule has 0 heterocycles. The summed E-state index contributed by atoms with van der Waals surface area (Å²) in [6.45, 7) is 1.49. The maximum Gasteiger partial charge on any atom is 0.223 e. The van der Waals surface area contributed by atoms with Gasteiger partial charge < -0.3 is 4.90 Å². The fourth-order valence-corrected chi connectivity index (χ4v) is 0.405. The number of thiol groups is 1. The standard InChI is InChI=1S/C5H9NOS/c1-5(7)6(2)3-4-8/h3-4,8H,1-2H3/b4-3-. The zero-order valence-electron chi connectivity index (χ0n) is 4.96. The Bertz CT molecular complexity index is 111. The number of nitrogens with zero attached hydrogens (tertiary/aromatic N) is 1. The Balaban J connectivity index is 3.64. The normalized spacial score (nSPS) is 9.88. The van der Waals surface area contributed by atoms with Crippen LogP contribution in [-0.2, 0) is 4.79 Å². The number of hydrogen-bond acceptors (Lipinski definition) is 2. The smallest absolute Gasteiger partial charge is 0.223 e. The van der Waals surface area contributed by atoms with E-state index in [2.05, 4.69) is 12.6 Å². The molecule has 0 saturated heterocycles. The first-order valence-electron chi connectivity index (χ1n) is 2.22. The van der Waals surface area contributed by atoms with Gasteiger partial charge in [-0.3, -0.25) is 4.79 Å². The molecule has 8 heavy (non-hydrogen) atoms. The van der Waals surface area contributed by atoms with Gasteiger partial charge in [0, 0.05) is 20.2 Å². The van der Waals surface area contributed by atoms with E-state index in [9.17, 15) is 4.79 Å². The molecule has 0 spiro atoms. The van der Waals surface area contributed by atoms with E-state index in [4.69, 9.17) is 0 Å². The van der Waals surface area contributed by atoms with Gasteiger partial charge in [0.05, 0.1) is 0 Å². The summed E-state index contributed by atoms with van der Waals surface area (Å²) >= 11 is 3.78. The zero-order valence-corrected chi connectivity index (χ0v) is 5.85. The lowest BCUT2D eigenvalue weighted by molar-refractivity contribution is -0.125. The molecular weight excluding hydrogens is 122 g/mol. The van der Waals surface area contributed by atoms with E-state index in [1.54, 1.807) is 13.2 Å². The van der Waals surface area contributed by atoms with E-state index in [0.717, 1.165) is 0 Å². The molecule has 0 bridgehead atoms. The minimum absolute atomic E-state index is 0.00954. The first kappa shape index (κ1) is 7.56. The largest absolute Gasteiger partial charge is 0.322 e. The Hall–Kier alpha value is -0.440. The van der Waals surface area contributed by atoms with Crippen molar-refractivity contribution < 1.29 is 4.79 Å². The van der Waals surface area contributed by atoms with Crippen molar-refractivity contribution in [2.45, 2.75) is 6.92 Å². The molecular formula is C5H9NOS. The maximum atomic E-state index is 10.4. The lowest BCUT2D eigenvalue weighted by atomic mass is 10.6. The van der Waals surface area contributed by atoms with Crippen LogP contribution in [0.4, 0.5) is 0 Å². The Labute approximate surface area is 54.6 Å². The quantitative estimate of drug-likeness (QED) is 0.523. The van der Waals surface area contributed by atoms with Crippen molar-refractivity contribution >= 4 is 18.5 Å². The Morgan fingerprint density at radius 1 is 1.75 bits per heavy atom. The highest BCUT2D eigenvalue weighted by atomic mass is 32.1. The van der Waals surface area contributed by atoms with Crippen molar-refractivity contribution in [2.24, 2.45) is 0 Å². The Morgan fingerprint density at radius 3 is 2.38 bits per heavy atom. The predicted molar refractivity (Wildman–Crippen MR) is 36.6 cm³/mol. The van der Waals surface area contributed by atoms with E-state index >= 15 is 0 Å². The summed E-state index contributed by atoms with van der Waals surface area (Å²) in [5.41, 5.74) is 0. The van der Waals surface area contributed by atoms with Gasteiger partial charge in [0.25, 0.3) is 0 Å². The third-order valence-corrected chi connectivity index (χ3v) is 0.920. The number of carbonyl (C=O) groups is 1. The fraction of sp³-hybridized carbons (Fsp3) is 0.400. The molecule has 46 valence electrons. The van der Waals surface area contributed by atoms with Crippen LogP contribution in [-0.4, -0.2) is 17.9 Å². The third kappa shape index (κ3) is 2.69. The zero-order chi connectivity index (χ0) is 6.57. The van der Waals surface area contributed by atoms with Gasteiger partial charge in [0.2, 0.25) is 5.91 Å². The first-order valence-corrected chi connectivity index (χ1v) is 2.74. The molecule has 0 aromatic carbocycles. The molecule has 0 N–H and O–H groups in total. The molecule has 0 aliphatic rings. The van der Waals surface area contributed by atoms with Gasteiger partial charge in [-0.15, -0.1) is 12.6 Å². The summed E-state index contributed by atoms with van der Waals surface area (Å²) in [5.74, 6) is 0.00954. The van der Waals surface area contributed by atoms with Crippen molar-refractivity contribution in [1.29, 1.82) is 0 Å². The molecule has 0 aromatic rings. The molecule has 2 nitrogen and oxygen atoms in total. The maximum absolute atomic E-state index is 10.4. The monoisotopic (exact) mass is 131 g/mol. The topological polar surface area (TPSA) is 20.3 Å². The third-order valence-electron chi connectivity index (χ3n) is 0.787. The second kappa shape index (κ2) is 3.55. The summed E-state index contributed by atoms with van der Waals surface area (Å²) in [6.07, 6.45) is 1.59. The highest BCUT2D eigenvalue weighted by Gasteiger charge is 1.92. The van der Waals surface area contributed by atoms with Crippen molar-refractivity contribution in [1.82, 2.24) is 4.90 Å².